The van der Waals surface area contributed by atoms with Crippen LogP contribution in [0.25, 0.3) is 10.8 Å². The van der Waals surface area contributed by atoms with Crippen molar-refractivity contribution in [3.63, 3.8) is 0 Å². The zero-order valence-electron chi connectivity index (χ0n) is 7.41. The summed E-state index contributed by atoms with van der Waals surface area (Å²) >= 11 is 6.76. The molecule has 0 saturated heterocycles. The molecule has 0 aliphatic heterocycles. The predicted molar refractivity (Wildman–Crippen MR) is 66.0 cm³/mol. The fourth-order valence-corrected chi connectivity index (χ4v) is 2.87. The summed E-state index contributed by atoms with van der Waals surface area (Å²) in [5.41, 5.74) is 0.120. The first-order valence-corrected chi connectivity index (χ1v) is 5.71. The molecule has 2 aromatic carbocycles. The molecule has 0 N–H and O–H groups in total. The Morgan fingerprint density at radius 3 is 2.40 bits per heavy atom. The van der Waals surface area contributed by atoms with E-state index in [9.17, 15) is 10.1 Å². The minimum Gasteiger partial charge on any atom is -0.258 e. The summed E-state index contributed by atoms with van der Waals surface area (Å²) in [5.74, 6) is 0. The SMILES string of the molecule is O=[N+]([O-])c1ccc(Br)c2c(Br)cccc12. The number of nitro benzene ring substituents is 1. The topological polar surface area (TPSA) is 43.1 Å². The van der Waals surface area contributed by atoms with Gasteiger partial charge in [0.05, 0.1) is 10.3 Å². The largest absolute Gasteiger partial charge is 0.277 e. The second-order valence-corrected chi connectivity index (χ2v) is 4.69. The van der Waals surface area contributed by atoms with E-state index in [0.717, 1.165) is 14.3 Å². The van der Waals surface area contributed by atoms with Gasteiger partial charge in [-0.25, -0.2) is 0 Å². The first-order valence-electron chi connectivity index (χ1n) is 4.12. The van der Waals surface area contributed by atoms with Crippen LogP contribution in [0.4, 0.5) is 5.69 Å². The van der Waals surface area contributed by atoms with E-state index in [1.54, 1.807) is 18.2 Å². The normalized spacial score (nSPS) is 10.5. The molecule has 0 aromatic heterocycles. The van der Waals surface area contributed by atoms with Crippen LogP contribution in [0.2, 0.25) is 0 Å². The van der Waals surface area contributed by atoms with Crippen LogP contribution >= 0.6 is 31.9 Å². The Bertz CT molecular complexity index is 546. The highest BCUT2D eigenvalue weighted by atomic mass is 79.9. The summed E-state index contributed by atoms with van der Waals surface area (Å²) in [6.07, 6.45) is 0. The smallest absolute Gasteiger partial charge is 0.258 e. The van der Waals surface area contributed by atoms with Gasteiger partial charge in [0.15, 0.2) is 0 Å². The highest BCUT2D eigenvalue weighted by molar-refractivity contribution is 9.11. The van der Waals surface area contributed by atoms with Gasteiger partial charge in [-0.05, 0) is 18.2 Å². The number of fused-ring (bicyclic) bond motifs is 1. The number of benzene rings is 2. The molecule has 0 radical (unpaired) electrons. The molecular formula is C10H5Br2NO2. The lowest BCUT2D eigenvalue weighted by Gasteiger charge is -2.03. The van der Waals surface area contributed by atoms with Gasteiger partial charge >= 0.3 is 0 Å². The molecule has 0 amide bonds. The summed E-state index contributed by atoms with van der Waals surface area (Å²) in [7, 11) is 0. The number of rotatable bonds is 1. The zero-order valence-corrected chi connectivity index (χ0v) is 10.6. The second kappa shape index (κ2) is 3.90. The second-order valence-electron chi connectivity index (χ2n) is 2.99. The van der Waals surface area contributed by atoms with Crippen LogP contribution in [-0.4, -0.2) is 4.92 Å². The molecule has 15 heavy (non-hydrogen) atoms. The lowest BCUT2D eigenvalue weighted by atomic mass is 10.1. The van der Waals surface area contributed by atoms with Crippen LogP contribution in [0.5, 0.6) is 0 Å². The third-order valence-corrected chi connectivity index (χ3v) is 3.43. The first-order chi connectivity index (χ1) is 7.11. The first kappa shape index (κ1) is 10.6. The molecule has 76 valence electrons. The number of halogens is 2. The van der Waals surface area contributed by atoms with Gasteiger partial charge in [-0.15, -0.1) is 0 Å². The summed E-state index contributed by atoms with van der Waals surface area (Å²) < 4.78 is 1.69. The van der Waals surface area contributed by atoms with Gasteiger partial charge < -0.3 is 0 Å². The molecule has 3 nitrogen and oxygen atoms in total. The Morgan fingerprint density at radius 2 is 1.73 bits per heavy atom. The molecule has 0 saturated carbocycles. The molecule has 0 heterocycles. The number of nitro groups is 1. The maximum atomic E-state index is 10.8. The molecule has 0 aliphatic carbocycles. The quantitative estimate of drug-likeness (QED) is 0.578. The van der Waals surface area contributed by atoms with Crippen LogP contribution in [0.3, 0.4) is 0 Å². The van der Waals surface area contributed by atoms with E-state index in [0.29, 0.717) is 5.39 Å². The minimum atomic E-state index is -0.374. The summed E-state index contributed by atoms with van der Waals surface area (Å²) in [6.45, 7) is 0. The molecule has 0 spiro atoms. The third-order valence-electron chi connectivity index (χ3n) is 2.11. The fraction of sp³-hybridized carbons (Fsp3) is 0. The van der Waals surface area contributed by atoms with Crippen molar-refractivity contribution >= 4 is 48.3 Å². The van der Waals surface area contributed by atoms with Gasteiger partial charge in [-0.1, -0.05) is 37.9 Å². The van der Waals surface area contributed by atoms with E-state index < -0.39 is 0 Å². The standard InChI is InChI=1S/C10H5Br2NO2/c11-7-3-1-2-6-9(13(14)15)5-4-8(12)10(6)7/h1-5H. The van der Waals surface area contributed by atoms with Crippen LogP contribution in [0, 0.1) is 10.1 Å². The number of non-ortho nitro benzene ring substituents is 1. The minimum absolute atomic E-state index is 0.120. The number of hydrogen-bond acceptors (Lipinski definition) is 2. The molecular weight excluding hydrogens is 326 g/mol. The summed E-state index contributed by atoms with van der Waals surface area (Å²) in [6, 6.07) is 8.57. The Kier molecular flexibility index (Phi) is 2.75. The van der Waals surface area contributed by atoms with Crippen LogP contribution in [0.1, 0.15) is 0 Å². The summed E-state index contributed by atoms with van der Waals surface area (Å²) in [5, 5.41) is 12.3. The van der Waals surface area contributed by atoms with Crippen molar-refractivity contribution in [1.82, 2.24) is 0 Å². The van der Waals surface area contributed by atoms with E-state index in [-0.39, 0.29) is 10.6 Å². The summed E-state index contributed by atoms with van der Waals surface area (Å²) in [4.78, 5) is 10.4. The van der Waals surface area contributed by atoms with Crippen molar-refractivity contribution in [3.05, 3.63) is 49.4 Å². The van der Waals surface area contributed by atoms with Crippen molar-refractivity contribution in [2.75, 3.05) is 0 Å². The van der Waals surface area contributed by atoms with Gasteiger partial charge in [0.2, 0.25) is 0 Å². The lowest BCUT2D eigenvalue weighted by Crippen LogP contribution is -1.90. The van der Waals surface area contributed by atoms with Gasteiger partial charge in [0.1, 0.15) is 0 Å². The maximum Gasteiger partial charge on any atom is 0.277 e. The van der Waals surface area contributed by atoms with Crippen molar-refractivity contribution in [2.45, 2.75) is 0 Å². The molecule has 0 atom stereocenters. The monoisotopic (exact) mass is 329 g/mol. The molecule has 0 aliphatic rings. The van der Waals surface area contributed by atoms with Crippen molar-refractivity contribution in [3.8, 4) is 0 Å². The Morgan fingerprint density at radius 1 is 1.07 bits per heavy atom. The van der Waals surface area contributed by atoms with Crippen LogP contribution in [0.15, 0.2) is 39.3 Å². The Hall–Kier alpha value is -0.940. The molecule has 0 bridgehead atoms. The highest BCUT2D eigenvalue weighted by Crippen LogP contribution is 2.35. The van der Waals surface area contributed by atoms with Crippen molar-refractivity contribution < 1.29 is 4.92 Å². The van der Waals surface area contributed by atoms with E-state index in [1.807, 2.05) is 6.07 Å². The highest BCUT2D eigenvalue weighted by Gasteiger charge is 2.14. The van der Waals surface area contributed by atoms with Gasteiger partial charge in [0, 0.05) is 20.4 Å². The predicted octanol–water partition coefficient (Wildman–Crippen LogP) is 4.27. The maximum absolute atomic E-state index is 10.8. The number of hydrogen-bond donors (Lipinski definition) is 0. The van der Waals surface area contributed by atoms with Gasteiger partial charge in [0.25, 0.3) is 5.69 Å². The van der Waals surface area contributed by atoms with E-state index in [2.05, 4.69) is 31.9 Å². The molecule has 2 aromatic rings. The van der Waals surface area contributed by atoms with Gasteiger partial charge in [-0.3, -0.25) is 10.1 Å². The fourth-order valence-electron chi connectivity index (χ4n) is 1.46. The van der Waals surface area contributed by atoms with Gasteiger partial charge in [-0.2, -0.15) is 0 Å². The third kappa shape index (κ3) is 1.77. The average molecular weight is 331 g/mol. The molecule has 2 rings (SSSR count). The Balaban J connectivity index is 2.95. The van der Waals surface area contributed by atoms with E-state index >= 15 is 0 Å². The zero-order chi connectivity index (χ0) is 11.0. The van der Waals surface area contributed by atoms with Crippen molar-refractivity contribution in [1.29, 1.82) is 0 Å². The van der Waals surface area contributed by atoms with Crippen molar-refractivity contribution in [2.24, 2.45) is 0 Å². The molecule has 0 unspecified atom stereocenters. The van der Waals surface area contributed by atoms with E-state index in [4.69, 9.17) is 0 Å². The lowest BCUT2D eigenvalue weighted by molar-refractivity contribution is -0.383. The van der Waals surface area contributed by atoms with Crippen LogP contribution < -0.4 is 0 Å². The molecule has 5 heteroatoms. The van der Waals surface area contributed by atoms with Crippen LogP contribution in [-0.2, 0) is 0 Å². The molecule has 0 fully saturated rings. The van der Waals surface area contributed by atoms with E-state index in [1.165, 1.54) is 6.07 Å². The Labute approximate surface area is 103 Å². The average Bonchev–Trinajstić information content (AvgIpc) is 2.17. The number of nitrogens with zero attached hydrogens (tertiary/aromatic N) is 1.